The molecule has 2 aromatic heterocycles. The summed E-state index contributed by atoms with van der Waals surface area (Å²) in [5, 5.41) is 13.6. The van der Waals surface area contributed by atoms with Crippen molar-refractivity contribution in [1.82, 2.24) is 19.8 Å². The molecule has 0 N–H and O–H groups in total. The molecule has 0 aliphatic heterocycles. The van der Waals surface area contributed by atoms with Crippen molar-refractivity contribution in [2.75, 3.05) is 35.5 Å². The van der Waals surface area contributed by atoms with Crippen molar-refractivity contribution >= 4 is 11.4 Å². The molecular formula is C27H28N4O6. The number of methoxy groups -OCH3 is 5. The van der Waals surface area contributed by atoms with Crippen molar-refractivity contribution in [1.29, 1.82) is 0 Å². The van der Waals surface area contributed by atoms with Crippen molar-refractivity contribution < 1.29 is 28.5 Å². The van der Waals surface area contributed by atoms with E-state index in [2.05, 4.69) is 10.2 Å². The summed E-state index contributed by atoms with van der Waals surface area (Å²) in [6.45, 7) is 0.259. The van der Waals surface area contributed by atoms with Crippen LogP contribution in [0.2, 0.25) is 0 Å². The first kappa shape index (κ1) is 24.5. The van der Waals surface area contributed by atoms with Crippen molar-refractivity contribution in [3.8, 4) is 34.1 Å². The molecule has 0 fully saturated rings. The molecule has 2 aromatic carbocycles. The molecule has 0 bridgehead atoms. The Morgan fingerprint density at radius 3 is 2.19 bits per heavy atom. The molecular weight excluding hydrogens is 476 g/mol. The van der Waals surface area contributed by atoms with E-state index in [0.29, 0.717) is 58.6 Å². The van der Waals surface area contributed by atoms with Crippen molar-refractivity contribution in [2.24, 2.45) is 0 Å². The van der Waals surface area contributed by atoms with Crippen LogP contribution < -0.4 is 18.9 Å². The van der Waals surface area contributed by atoms with Crippen LogP contribution >= 0.6 is 0 Å². The van der Waals surface area contributed by atoms with Gasteiger partial charge in [-0.25, -0.2) is 4.52 Å². The fourth-order valence-electron chi connectivity index (χ4n) is 4.88. The van der Waals surface area contributed by atoms with Gasteiger partial charge >= 0.3 is 0 Å². The lowest BCUT2D eigenvalue weighted by atomic mass is 9.83. The number of Topliss-reactive ketones (excluding diaryl/α,β-unsaturated/α-hetero) is 1. The number of nitrogens with zero attached hydrogens (tertiary/aromatic N) is 4. The summed E-state index contributed by atoms with van der Waals surface area (Å²) in [5.74, 6) is 2.30. The minimum absolute atomic E-state index is 0.0770. The minimum Gasteiger partial charge on any atom is -0.493 e. The van der Waals surface area contributed by atoms with E-state index in [1.165, 1.54) is 0 Å². The van der Waals surface area contributed by atoms with Gasteiger partial charge in [0.1, 0.15) is 0 Å². The van der Waals surface area contributed by atoms with Crippen LogP contribution in [0.25, 0.3) is 16.8 Å². The predicted molar refractivity (Wildman–Crippen MR) is 135 cm³/mol. The molecule has 0 saturated carbocycles. The van der Waals surface area contributed by atoms with Crippen LogP contribution in [-0.4, -0.2) is 61.1 Å². The van der Waals surface area contributed by atoms with Crippen LogP contribution in [0.15, 0.2) is 36.4 Å². The van der Waals surface area contributed by atoms with E-state index in [9.17, 15) is 4.79 Å². The fourth-order valence-corrected chi connectivity index (χ4v) is 4.88. The number of ether oxygens (including phenoxy) is 5. The van der Waals surface area contributed by atoms with E-state index in [1.54, 1.807) is 40.1 Å². The smallest absolute Gasteiger partial charge is 0.185 e. The molecule has 10 nitrogen and oxygen atoms in total. The average molecular weight is 505 g/mol. The number of rotatable bonds is 8. The average Bonchev–Trinajstić information content (AvgIpc) is 3.30. The molecule has 4 aromatic rings. The van der Waals surface area contributed by atoms with E-state index >= 15 is 0 Å². The number of aromatic nitrogens is 4. The van der Waals surface area contributed by atoms with Gasteiger partial charge in [0.15, 0.2) is 40.1 Å². The highest BCUT2D eigenvalue weighted by Gasteiger charge is 2.32. The number of carbonyl (C=O) groups is 1. The zero-order valence-electron chi connectivity index (χ0n) is 21.4. The van der Waals surface area contributed by atoms with E-state index in [4.69, 9.17) is 28.8 Å². The summed E-state index contributed by atoms with van der Waals surface area (Å²) in [6.07, 6.45) is 0.874. The zero-order valence-corrected chi connectivity index (χ0v) is 21.4. The minimum atomic E-state index is -0.0770. The van der Waals surface area contributed by atoms with E-state index < -0.39 is 0 Å². The molecule has 0 amide bonds. The predicted octanol–water partition coefficient (Wildman–Crippen LogP) is 3.88. The Kier molecular flexibility index (Phi) is 6.66. The molecule has 192 valence electrons. The molecule has 0 spiro atoms. The van der Waals surface area contributed by atoms with Gasteiger partial charge in [0, 0.05) is 13.5 Å². The molecule has 5 rings (SSSR count). The molecule has 1 aliphatic carbocycles. The summed E-state index contributed by atoms with van der Waals surface area (Å²) in [6, 6.07) is 11.3. The monoisotopic (exact) mass is 504 g/mol. The Morgan fingerprint density at radius 2 is 1.51 bits per heavy atom. The Morgan fingerprint density at radius 1 is 0.838 bits per heavy atom. The molecule has 37 heavy (non-hydrogen) atoms. The van der Waals surface area contributed by atoms with Crippen molar-refractivity contribution in [3.63, 3.8) is 0 Å². The fraction of sp³-hybridized carbons (Fsp3) is 0.333. The Bertz CT molecular complexity index is 1480. The lowest BCUT2D eigenvalue weighted by Crippen LogP contribution is -2.24. The van der Waals surface area contributed by atoms with Crippen LogP contribution in [0.1, 0.15) is 39.8 Å². The summed E-state index contributed by atoms with van der Waals surface area (Å²) < 4.78 is 28.9. The lowest BCUT2D eigenvalue weighted by Gasteiger charge is -2.24. The second-order valence-electron chi connectivity index (χ2n) is 8.70. The number of ketones is 1. The summed E-state index contributed by atoms with van der Waals surface area (Å²) in [4.78, 5) is 13.2. The summed E-state index contributed by atoms with van der Waals surface area (Å²) >= 11 is 0. The number of fused-ring (bicyclic) bond motifs is 3. The summed E-state index contributed by atoms with van der Waals surface area (Å²) in [7, 11) is 7.98. The van der Waals surface area contributed by atoms with Gasteiger partial charge in [-0.2, -0.15) is 5.10 Å². The second kappa shape index (κ2) is 10.1. The van der Waals surface area contributed by atoms with Crippen LogP contribution in [0, 0.1) is 0 Å². The Labute approximate surface area is 214 Å². The molecule has 0 saturated heterocycles. The lowest BCUT2D eigenvalue weighted by molar-refractivity contribution is 0.0955. The highest BCUT2D eigenvalue weighted by Crippen LogP contribution is 2.39. The number of hydrogen-bond acceptors (Lipinski definition) is 9. The molecule has 0 unspecified atom stereocenters. The van der Waals surface area contributed by atoms with Crippen molar-refractivity contribution in [2.45, 2.75) is 25.4 Å². The third-order valence-electron chi connectivity index (χ3n) is 6.68. The van der Waals surface area contributed by atoms with Crippen molar-refractivity contribution in [3.05, 3.63) is 59.0 Å². The van der Waals surface area contributed by atoms with Gasteiger partial charge in [-0.15, -0.1) is 10.2 Å². The highest BCUT2D eigenvalue weighted by atomic mass is 16.5. The largest absolute Gasteiger partial charge is 0.493 e. The van der Waals surface area contributed by atoms with Gasteiger partial charge < -0.3 is 23.7 Å². The first-order valence-electron chi connectivity index (χ1n) is 11.8. The number of hydrogen-bond donors (Lipinski definition) is 0. The maximum Gasteiger partial charge on any atom is 0.185 e. The summed E-state index contributed by atoms with van der Waals surface area (Å²) in [5.41, 5.74) is 4.84. The van der Waals surface area contributed by atoms with Crippen LogP contribution in [0.3, 0.4) is 0 Å². The highest BCUT2D eigenvalue weighted by molar-refractivity contribution is 5.97. The van der Waals surface area contributed by atoms with Gasteiger partial charge in [-0.05, 0) is 47.7 Å². The first-order valence-corrected chi connectivity index (χ1v) is 11.8. The standard InChI is InChI=1S/C27H28N4O6/c1-33-14-18-25(16-7-9-22(35-3)24(13-16)37-5)27-29-28-26-19(31(27)30-18)10-17(11-20(26)32)15-6-8-21(34-2)23(12-15)36-4/h6-9,12-13,17H,10-11,14H2,1-5H3/t17-/m1/s1. The number of carbonyl (C=O) groups excluding carboxylic acids is 1. The van der Waals surface area contributed by atoms with Gasteiger partial charge in [0.2, 0.25) is 0 Å². The van der Waals surface area contributed by atoms with Gasteiger partial charge in [-0.3, -0.25) is 4.79 Å². The van der Waals surface area contributed by atoms with Crippen LogP contribution in [0.4, 0.5) is 0 Å². The SMILES string of the molecule is COCc1nn2c3c(nnc2c1-c1ccc(OC)c(OC)c1)C(=O)C[C@H](c1ccc(OC)c(OC)c1)C3. The maximum atomic E-state index is 13.2. The zero-order chi connectivity index (χ0) is 26.1. The molecule has 1 aliphatic rings. The van der Waals surface area contributed by atoms with Gasteiger partial charge in [0.05, 0.1) is 52.0 Å². The normalized spacial score (nSPS) is 14.9. The van der Waals surface area contributed by atoms with Crippen LogP contribution in [-0.2, 0) is 17.8 Å². The van der Waals surface area contributed by atoms with E-state index in [0.717, 1.165) is 16.7 Å². The van der Waals surface area contributed by atoms with E-state index in [-0.39, 0.29) is 18.3 Å². The van der Waals surface area contributed by atoms with Gasteiger partial charge in [0.25, 0.3) is 0 Å². The molecule has 0 radical (unpaired) electrons. The van der Waals surface area contributed by atoms with Gasteiger partial charge in [-0.1, -0.05) is 12.1 Å². The molecule has 2 heterocycles. The third-order valence-corrected chi connectivity index (χ3v) is 6.68. The van der Waals surface area contributed by atoms with Crippen LogP contribution in [0.5, 0.6) is 23.0 Å². The molecule has 1 atom stereocenters. The second-order valence-corrected chi connectivity index (χ2v) is 8.70. The van der Waals surface area contributed by atoms with E-state index in [1.807, 2.05) is 36.4 Å². The maximum absolute atomic E-state index is 13.2. The third kappa shape index (κ3) is 4.23. The first-order chi connectivity index (χ1) is 18.0. The Hall–Kier alpha value is -4.18. The Balaban J connectivity index is 1.64. The number of benzene rings is 2. The molecule has 10 heteroatoms. The quantitative estimate of drug-likeness (QED) is 0.353. The topological polar surface area (TPSA) is 106 Å².